The van der Waals surface area contributed by atoms with Crippen LogP contribution < -0.4 is 21.3 Å². The molecule has 1 aliphatic heterocycles. The lowest BCUT2D eigenvalue weighted by atomic mass is 9.98. The summed E-state index contributed by atoms with van der Waals surface area (Å²) in [6.45, 7) is 9.15. The number of carbonyl (C=O) groups excluding carboxylic acids is 6. The molecule has 14 heteroatoms. The molecule has 4 N–H and O–H groups in total. The maximum Gasteiger partial charge on any atom is 0.289 e. The largest absolute Gasteiger partial charge is 0.372 e. The molecule has 5 atom stereocenters. The second-order valence-corrected chi connectivity index (χ2v) is 13.7. The molecule has 1 aliphatic rings. The zero-order valence-corrected chi connectivity index (χ0v) is 30.8. The summed E-state index contributed by atoms with van der Waals surface area (Å²) >= 11 is 0. The highest BCUT2D eigenvalue weighted by Gasteiger charge is 2.44. The summed E-state index contributed by atoms with van der Waals surface area (Å²) in [6, 6.07) is 14.3. The summed E-state index contributed by atoms with van der Waals surface area (Å²) in [5.41, 5.74) is 1.76. The van der Waals surface area contributed by atoms with Gasteiger partial charge in [-0.3, -0.25) is 33.8 Å². The van der Waals surface area contributed by atoms with E-state index in [-0.39, 0.29) is 44.1 Å². The SMILES string of the molecule is CCC(NC(=O)[C@@H]1C[C@@H](OCc2ccccc2)CN1C(=O)[C@H](NC(=O)[C@H](NC(=O)c1cnccn1)C(C)C)C(C)C)C(=O)C(=O)NCc1ccccc1. The van der Waals surface area contributed by atoms with Crippen molar-refractivity contribution in [1.82, 2.24) is 36.1 Å². The van der Waals surface area contributed by atoms with Crippen LogP contribution in [0.3, 0.4) is 0 Å². The summed E-state index contributed by atoms with van der Waals surface area (Å²) in [6.07, 6.45) is 3.80. The Hall–Kier alpha value is -5.50. The lowest BCUT2D eigenvalue weighted by Gasteiger charge is -2.32. The van der Waals surface area contributed by atoms with Gasteiger partial charge in [-0.2, -0.15) is 0 Å². The van der Waals surface area contributed by atoms with Gasteiger partial charge in [0.15, 0.2) is 0 Å². The number of ether oxygens (including phenoxy) is 1. The number of nitrogens with zero attached hydrogens (tertiary/aromatic N) is 3. The van der Waals surface area contributed by atoms with Gasteiger partial charge in [-0.15, -0.1) is 0 Å². The average Bonchev–Trinajstić information content (AvgIpc) is 3.61. The molecular weight excluding hydrogens is 678 g/mol. The normalized spacial score (nSPS) is 17.1. The van der Waals surface area contributed by atoms with Crippen LogP contribution in [0.1, 0.15) is 69.1 Å². The highest BCUT2D eigenvalue weighted by molar-refractivity contribution is 6.38. The van der Waals surface area contributed by atoms with E-state index in [0.29, 0.717) is 0 Å². The molecule has 2 heterocycles. The fourth-order valence-electron chi connectivity index (χ4n) is 5.94. The van der Waals surface area contributed by atoms with Crippen molar-refractivity contribution in [2.45, 2.75) is 90.9 Å². The Morgan fingerprint density at radius 3 is 2.06 bits per heavy atom. The van der Waals surface area contributed by atoms with Gasteiger partial charge in [-0.25, -0.2) is 4.98 Å². The van der Waals surface area contributed by atoms with Gasteiger partial charge in [0.1, 0.15) is 23.8 Å². The fourth-order valence-corrected chi connectivity index (χ4v) is 5.94. The van der Waals surface area contributed by atoms with Gasteiger partial charge < -0.3 is 30.9 Å². The van der Waals surface area contributed by atoms with Crippen LogP contribution in [0.4, 0.5) is 0 Å². The maximum atomic E-state index is 14.3. The van der Waals surface area contributed by atoms with Crippen LogP contribution >= 0.6 is 0 Å². The van der Waals surface area contributed by atoms with Crippen LogP contribution in [0.5, 0.6) is 0 Å². The Balaban J connectivity index is 1.50. The fraction of sp³-hybridized carbons (Fsp3) is 0.436. The van der Waals surface area contributed by atoms with Crippen LogP contribution in [0, 0.1) is 11.8 Å². The summed E-state index contributed by atoms with van der Waals surface area (Å²) in [5, 5.41) is 10.8. The van der Waals surface area contributed by atoms with Crippen molar-refractivity contribution >= 4 is 35.3 Å². The molecule has 1 aromatic heterocycles. The number of hydrogen-bond acceptors (Lipinski definition) is 9. The number of ketones is 1. The molecule has 0 saturated carbocycles. The minimum absolute atomic E-state index is 0.0347. The average molecular weight is 728 g/mol. The van der Waals surface area contributed by atoms with Crippen molar-refractivity contribution < 1.29 is 33.5 Å². The highest BCUT2D eigenvalue weighted by atomic mass is 16.5. The third kappa shape index (κ3) is 11.2. The first-order chi connectivity index (χ1) is 25.4. The van der Waals surface area contributed by atoms with Crippen molar-refractivity contribution in [2.24, 2.45) is 11.8 Å². The number of benzene rings is 2. The second kappa shape index (κ2) is 19.4. The molecular formula is C39H49N7O7. The van der Waals surface area contributed by atoms with E-state index >= 15 is 0 Å². The number of rotatable bonds is 17. The molecule has 0 spiro atoms. The molecule has 1 unspecified atom stereocenters. The van der Waals surface area contributed by atoms with E-state index in [9.17, 15) is 28.8 Å². The Labute approximate surface area is 309 Å². The molecule has 0 aliphatic carbocycles. The molecule has 0 bridgehead atoms. The maximum absolute atomic E-state index is 14.3. The molecule has 0 radical (unpaired) electrons. The monoisotopic (exact) mass is 727 g/mol. The first-order valence-corrected chi connectivity index (χ1v) is 17.9. The van der Waals surface area contributed by atoms with E-state index in [1.165, 1.54) is 23.5 Å². The Kier molecular flexibility index (Phi) is 14.7. The lowest BCUT2D eigenvalue weighted by Crippen LogP contribution is -2.59. The number of carbonyl (C=O) groups is 6. The van der Waals surface area contributed by atoms with Crippen LogP contribution in [0.15, 0.2) is 79.3 Å². The van der Waals surface area contributed by atoms with E-state index in [1.807, 2.05) is 60.7 Å². The first kappa shape index (κ1) is 40.3. The van der Waals surface area contributed by atoms with Gasteiger partial charge in [0, 0.05) is 31.9 Å². The Morgan fingerprint density at radius 2 is 1.47 bits per heavy atom. The number of hydrogen-bond donors (Lipinski definition) is 4. The third-order valence-electron chi connectivity index (χ3n) is 9.00. The molecule has 53 heavy (non-hydrogen) atoms. The van der Waals surface area contributed by atoms with Crippen molar-refractivity contribution in [3.8, 4) is 0 Å². The second-order valence-electron chi connectivity index (χ2n) is 13.7. The van der Waals surface area contributed by atoms with E-state index in [0.717, 1.165) is 11.1 Å². The summed E-state index contributed by atoms with van der Waals surface area (Å²) in [5.74, 6) is -4.73. The summed E-state index contributed by atoms with van der Waals surface area (Å²) in [7, 11) is 0. The van der Waals surface area contributed by atoms with Crippen molar-refractivity contribution in [3.05, 3.63) is 96.1 Å². The molecule has 14 nitrogen and oxygen atoms in total. The standard InChI is InChI=1S/C39H49N7O7/c1-6-29(34(47)38(51)42-20-26-13-9-7-10-14-26)43-36(49)31-19-28(53-23-27-15-11-8-12-16-27)22-46(31)39(52)33(25(4)5)45-37(50)32(24(2)3)44-35(48)30-21-40-17-18-41-30/h7-18,21,24-25,28-29,31-33H,6,19-20,22-23H2,1-5H3,(H,42,51)(H,43,49)(H,44,48)(H,45,50)/t28-,29?,31+,32-,33-/m1/s1. The zero-order valence-electron chi connectivity index (χ0n) is 30.8. The van der Waals surface area contributed by atoms with Crippen LogP contribution in [0.25, 0.3) is 0 Å². The highest BCUT2D eigenvalue weighted by Crippen LogP contribution is 2.25. The summed E-state index contributed by atoms with van der Waals surface area (Å²) in [4.78, 5) is 90.1. The molecule has 1 fully saturated rings. The number of Topliss-reactive ketones (excluding diaryl/α,β-unsaturated/α-hetero) is 1. The third-order valence-corrected chi connectivity index (χ3v) is 9.00. The number of aromatic nitrogens is 2. The topological polar surface area (TPSA) is 189 Å². The smallest absolute Gasteiger partial charge is 0.289 e. The molecule has 1 saturated heterocycles. The first-order valence-electron chi connectivity index (χ1n) is 17.9. The van der Waals surface area contributed by atoms with E-state index < -0.39 is 71.5 Å². The number of amides is 5. The van der Waals surface area contributed by atoms with E-state index in [1.54, 1.807) is 34.6 Å². The van der Waals surface area contributed by atoms with Crippen LogP contribution in [0.2, 0.25) is 0 Å². The summed E-state index contributed by atoms with van der Waals surface area (Å²) < 4.78 is 6.17. The predicted octanol–water partition coefficient (Wildman–Crippen LogP) is 2.34. The van der Waals surface area contributed by atoms with Crippen molar-refractivity contribution in [1.29, 1.82) is 0 Å². The number of likely N-dealkylation sites (tertiary alicyclic amines) is 1. The Bertz CT molecular complexity index is 1710. The quantitative estimate of drug-likeness (QED) is 0.151. The van der Waals surface area contributed by atoms with Gasteiger partial charge in [-0.1, -0.05) is 95.3 Å². The minimum atomic E-state index is -1.13. The molecule has 4 rings (SSSR count). The number of nitrogens with one attached hydrogen (secondary N) is 4. The lowest BCUT2D eigenvalue weighted by molar-refractivity contribution is -0.144. The molecule has 2 aromatic carbocycles. The van der Waals surface area contributed by atoms with Crippen molar-refractivity contribution in [2.75, 3.05) is 6.54 Å². The van der Waals surface area contributed by atoms with Gasteiger partial charge in [0.25, 0.3) is 11.8 Å². The molecule has 5 amide bonds. The van der Waals surface area contributed by atoms with Crippen molar-refractivity contribution in [3.63, 3.8) is 0 Å². The predicted molar refractivity (Wildman–Crippen MR) is 196 cm³/mol. The molecule has 282 valence electrons. The van der Waals surface area contributed by atoms with Gasteiger partial charge in [0.2, 0.25) is 23.5 Å². The van der Waals surface area contributed by atoms with E-state index in [2.05, 4.69) is 31.2 Å². The van der Waals surface area contributed by atoms with Crippen LogP contribution in [-0.2, 0) is 41.9 Å². The van der Waals surface area contributed by atoms with Gasteiger partial charge in [0.05, 0.1) is 24.9 Å². The molecule has 3 aromatic rings. The zero-order chi connectivity index (χ0) is 38.5. The van der Waals surface area contributed by atoms with Gasteiger partial charge in [-0.05, 0) is 29.4 Å². The Morgan fingerprint density at radius 1 is 0.830 bits per heavy atom. The minimum Gasteiger partial charge on any atom is -0.372 e. The van der Waals surface area contributed by atoms with Gasteiger partial charge >= 0.3 is 0 Å². The van der Waals surface area contributed by atoms with Crippen LogP contribution in [-0.4, -0.2) is 87.0 Å². The van der Waals surface area contributed by atoms with E-state index in [4.69, 9.17) is 4.74 Å².